The molecule has 33 heavy (non-hydrogen) atoms. The summed E-state index contributed by atoms with van der Waals surface area (Å²) in [6.45, 7) is 3.07. The molecule has 0 aliphatic carbocycles. The molecule has 0 spiro atoms. The van der Waals surface area contributed by atoms with Crippen molar-refractivity contribution in [3.63, 3.8) is 0 Å². The summed E-state index contributed by atoms with van der Waals surface area (Å²) in [4.78, 5) is 21.4. The summed E-state index contributed by atoms with van der Waals surface area (Å²) in [6.07, 6.45) is 9.01. The van der Waals surface area contributed by atoms with Crippen LogP contribution in [0.3, 0.4) is 0 Å². The number of carbonyl (C=O) groups is 1. The van der Waals surface area contributed by atoms with Gasteiger partial charge in [-0.25, -0.2) is 4.68 Å². The fourth-order valence-corrected chi connectivity index (χ4v) is 4.04. The summed E-state index contributed by atoms with van der Waals surface area (Å²) in [5.74, 6) is 0.0207. The minimum Gasteiger partial charge on any atom is -0.368 e. The average Bonchev–Trinajstić information content (AvgIpc) is 3.33. The number of para-hydroxylation sites is 2. The van der Waals surface area contributed by atoms with Crippen LogP contribution < -0.4 is 4.90 Å². The molecule has 6 heteroatoms. The molecule has 0 unspecified atom stereocenters. The molecular formula is C27H25N5O. The van der Waals surface area contributed by atoms with Crippen LogP contribution >= 0.6 is 0 Å². The monoisotopic (exact) mass is 435 g/mol. The summed E-state index contributed by atoms with van der Waals surface area (Å²) in [5, 5.41) is 4.78. The lowest BCUT2D eigenvalue weighted by Gasteiger charge is -2.35. The Hall–Kier alpha value is -4.19. The highest BCUT2D eigenvalue weighted by molar-refractivity contribution is 5.93. The van der Waals surface area contributed by atoms with Crippen LogP contribution in [-0.2, 0) is 4.79 Å². The zero-order chi connectivity index (χ0) is 22.5. The van der Waals surface area contributed by atoms with Crippen molar-refractivity contribution in [1.29, 1.82) is 0 Å². The lowest BCUT2D eigenvalue weighted by molar-refractivity contribution is -0.126. The van der Waals surface area contributed by atoms with Crippen molar-refractivity contribution >= 4 is 17.7 Å². The molecule has 1 fully saturated rings. The Morgan fingerprint density at radius 1 is 0.818 bits per heavy atom. The molecule has 5 rings (SSSR count). The van der Waals surface area contributed by atoms with E-state index in [2.05, 4.69) is 22.0 Å². The Balaban J connectivity index is 1.33. The quantitative estimate of drug-likeness (QED) is 0.439. The largest absolute Gasteiger partial charge is 0.368 e. The third-order valence-electron chi connectivity index (χ3n) is 5.82. The van der Waals surface area contributed by atoms with Crippen molar-refractivity contribution in [2.24, 2.45) is 0 Å². The number of hydrogen-bond acceptors (Lipinski definition) is 4. The first-order chi connectivity index (χ1) is 16.3. The first-order valence-electron chi connectivity index (χ1n) is 11.1. The topological polar surface area (TPSA) is 54.3 Å². The van der Waals surface area contributed by atoms with Gasteiger partial charge in [-0.1, -0.05) is 36.4 Å². The van der Waals surface area contributed by atoms with Gasteiger partial charge in [0.2, 0.25) is 5.91 Å². The van der Waals surface area contributed by atoms with Gasteiger partial charge in [0.25, 0.3) is 0 Å². The molecule has 1 aliphatic rings. The zero-order valence-corrected chi connectivity index (χ0v) is 18.3. The Labute approximate surface area is 193 Å². The maximum Gasteiger partial charge on any atom is 0.246 e. The maximum absolute atomic E-state index is 12.9. The molecule has 1 amide bonds. The summed E-state index contributed by atoms with van der Waals surface area (Å²) < 4.78 is 1.84. The van der Waals surface area contributed by atoms with Gasteiger partial charge < -0.3 is 9.80 Å². The van der Waals surface area contributed by atoms with Gasteiger partial charge in [-0.2, -0.15) is 5.10 Å². The second-order valence-corrected chi connectivity index (χ2v) is 7.94. The SMILES string of the molecule is O=C(C=Cc1cn(-c2ccccc2)nc1-c1cccnc1)N1CCN(c2ccccc2)CC1. The molecule has 1 saturated heterocycles. The molecule has 164 valence electrons. The van der Waals surface area contributed by atoms with E-state index in [1.54, 1.807) is 18.5 Å². The van der Waals surface area contributed by atoms with Crippen molar-refractivity contribution in [3.8, 4) is 16.9 Å². The normalized spacial score (nSPS) is 14.1. The predicted molar refractivity (Wildman–Crippen MR) is 131 cm³/mol. The minimum absolute atomic E-state index is 0.0207. The maximum atomic E-state index is 12.9. The van der Waals surface area contributed by atoms with Gasteiger partial charge in [-0.15, -0.1) is 0 Å². The summed E-state index contributed by atoms with van der Waals surface area (Å²) in [5.41, 5.74) is 4.75. The van der Waals surface area contributed by atoms with Crippen molar-refractivity contribution in [2.75, 3.05) is 31.1 Å². The number of anilines is 1. The number of aromatic nitrogens is 3. The average molecular weight is 436 g/mol. The molecule has 4 aromatic rings. The molecule has 0 N–H and O–H groups in total. The smallest absolute Gasteiger partial charge is 0.246 e. The Bertz CT molecular complexity index is 1230. The van der Waals surface area contributed by atoms with E-state index in [0.717, 1.165) is 35.6 Å². The molecule has 0 radical (unpaired) electrons. The number of carbonyl (C=O) groups excluding carboxylic acids is 1. The van der Waals surface area contributed by atoms with Crippen LogP contribution in [0.2, 0.25) is 0 Å². The highest BCUT2D eigenvalue weighted by Gasteiger charge is 2.20. The van der Waals surface area contributed by atoms with Crippen LogP contribution in [0.15, 0.2) is 97.5 Å². The molecule has 1 aliphatic heterocycles. The number of hydrogen-bond donors (Lipinski definition) is 0. The van der Waals surface area contributed by atoms with Crippen molar-refractivity contribution in [1.82, 2.24) is 19.7 Å². The molecule has 3 heterocycles. The number of piperazine rings is 1. The summed E-state index contributed by atoms with van der Waals surface area (Å²) in [6, 6.07) is 24.2. The fraction of sp³-hybridized carbons (Fsp3) is 0.148. The Morgan fingerprint density at radius 2 is 1.52 bits per heavy atom. The Morgan fingerprint density at radius 3 is 2.18 bits per heavy atom. The molecule has 2 aromatic carbocycles. The van der Waals surface area contributed by atoms with E-state index in [9.17, 15) is 4.79 Å². The molecule has 0 bridgehead atoms. The number of rotatable bonds is 5. The molecular weight excluding hydrogens is 410 g/mol. The third kappa shape index (κ3) is 4.70. The number of amides is 1. The molecule has 6 nitrogen and oxygen atoms in total. The lowest BCUT2D eigenvalue weighted by atomic mass is 10.1. The van der Waals surface area contributed by atoms with Crippen molar-refractivity contribution < 1.29 is 4.79 Å². The van der Waals surface area contributed by atoms with Crippen LogP contribution in [0, 0.1) is 0 Å². The van der Waals surface area contributed by atoms with E-state index in [4.69, 9.17) is 5.10 Å². The summed E-state index contributed by atoms with van der Waals surface area (Å²) in [7, 11) is 0. The highest BCUT2D eigenvalue weighted by atomic mass is 16.2. The first-order valence-corrected chi connectivity index (χ1v) is 11.1. The van der Waals surface area contributed by atoms with Gasteiger partial charge >= 0.3 is 0 Å². The van der Waals surface area contributed by atoms with E-state index in [0.29, 0.717) is 13.1 Å². The molecule has 2 aromatic heterocycles. The highest BCUT2D eigenvalue weighted by Crippen LogP contribution is 2.24. The summed E-state index contributed by atoms with van der Waals surface area (Å²) >= 11 is 0. The van der Waals surface area contributed by atoms with Gasteiger partial charge in [-0.3, -0.25) is 9.78 Å². The van der Waals surface area contributed by atoms with Crippen LogP contribution in [0.5, 0.6) is 0 Å². The zero-order valence-electron chi connectivity index (χ0n) is 18.3. The van der Waals surface area contributed by atoms with Gasteiger partial charge in [0, 0.05) is 67.7 Å². The van der Waals surface area contributed by atoms with Gasteiger partial charge in [-0.05, 0) is 42.5 Å². The van der Waals surface area contributed by atoms with Gasteiger partial charge in [0.1, 0.15) is 5.69 Å². The minimum atomic E-state index is 0.0207. The standard InChI is InChI=1S/C27H25N5O/c33-26(31-18-16-30(17-19-31)24-9-3-1-4-10-24)14-13-23-21-32(25-11-5-2-6-12-25)29-27(23)22-8-7-15-28-20-22/h1-15,20-21H,16-19H2. The van der Waals surface area contributed by atoms with Gasteiger partial charge in [0.15, 0.2) is 0 Å². The van der Waals surface area contributed by atoms with Crippen LogP contribution in [0.1, 0.15) is 5.56 Å². The van der Waals surface area contributed by atoms with E-state index in [1.807, 2.05) is 82.5 Å². The number of pyridine rings is 1. The van der Waals surface area contributed by atoms with E-state index >= 15 is 0 Å². The number of benzene rings is 2. The lowest BCUT2D eigenvalue weighted by Crippen LogP contribution is -2.48. The van der Waals surface area contributed by atoms with Gasteiger partial charge in [0.05, 0.1) is 5.69 Å². The number of nitrogens with zero attached hydrogens (tertiary/aromatic N) is 5. The van der Waals surface area contributed by atoms with E-state index in [-0.39, 0.29) is 5.91 Å². The predicted octanol–water partition coefficient (Wildman–Crippen LogP) is 4.30. The third-order valence-corrected chi connectivity index (χ3v) is 5.82. The van der Waals surface area contributed by atoms with E-state index in [1.165, 1.54) is 5.69 Å². The molecule has 0 saturated carbocycles. The molecule has 0 atom stereocenters. The Kier molecular flexibility index (Phi) is 5.97. The fourth-order valence-electron chi connectivity index (χ4n) is 4.04. The van der Waals surface area contributed by atoms with Crippen molar-refractivity contribution in [3.05, 3.63) is 103 Å². The second-order valence-electron chi connectivity index (χ2n) is 7.94. The first kappa shape index (κ1) is 20.7. The second kappa shape index (κ2) is 9.53. The van der Waals surface area contributed by atoms with Crippen LogP contribution in [-0.4, -0.2) is 51.8 Å². The van der Waals surface area contributed by atoms with Crippen LogP contribution in [0.25, 0.3) is 23.0 Å². The van der Waals surface area contributed by atoms with Crippen molar-refractivity contribution in [2.45, 2.75) is 0 Å². The van der Waals surface area contributed by atoms with E-state index < -0.39 is 0 Å². The van der Waals surface area contributed by atoms with Crippen LogP contribution in [0.4, 0.5) is 5.69 Å².